The van der Waals surface area contributed by atoms with Gasteiger partial charge < -0.3 is 24.8 Å². The van der Waals surface area contributed by atoms with E-state index in [4.69, 9.17) is 9.47 Å². The second-order valence-corrected chi connectivity index (χ2v) is 14.0. The number of nitrogens with zero attached hydrogens (tertiary/aromatic N) is 2. The molecule has 3 rings (SSSR count). The Bertz CT molecular complexity index is 1460. The van der Waals surface area contributed by atoms with Crippen molar-refractivity contribution in [2.24, 2.45) is 5.92 Å². The van der Waals surface area contributed by atoms with Gasteiger partial charge in [0, 0.05) is 44.8 Å². The molecule has 47 heavy (non-hydrogen) atoms. The summed E-state index contributed by atoms with van der Waals surface area (Å²) < 4.78 is 91.4. The smallest absolute Gasteiger partial charge is 0.389 e. The predicted molar refractivity (Wildman–Crippen MR) is 167 cm³/mol. The van der Waals surface area contributed by atoms with Crippen molar-refractivity contribution in [2.75, 3.05) is 38.7 Å². The lowest BCUT2D eigenvalue weighted by atomic mass is 10.0. The number of nitrogens with one attached hydrogen (secondary N) is 1. The van der Waals surface area contributed by atoms with Crippen molar-refractivity contribution in [1.82, 2.24) is 9.21 Å². The first-order chi connectivity index (χ1) is 22.0. The van der Waals surface area contributed by atoms with E-state index in [1.165, 1.54) is 42.3 Å². The molecule has 0 aliphatic carbocycles. The number of ether oxygens (including phenoxy) is 2. The maximum absolute atomic E-state index is 14.2. The summed E-state index contributed by atoms with van der Waals surface area (Å²) in [5.74, 6) is -2.28. The lowest BCUT2D eigenvalue weighted by Gasteiger charge is -2.35. The molecule has 1 heterocycles. The lowest BCUT2D eigenvalue weighted by Crippen LogP contribution is -2.48. The summed E-state index contributed by atoms with van der Waals surface area (Å²) in [6.45, 7) is 5.07. The van der Waals surface area contributed by atoms with Crippen LogP contribution in [0.25, 0.3) is 0 Å². The van der Waals surface area contributed by atoms with E-state index < -0.39 is 71.3 Å². The SMILES string of the molecule is C[C@H](CO)N1C[C@H](C)[C@H](CN(C)S(=O)(=O)c2ccc(F)cc2)OCCCC[C@H](C)Oc2ccc(NC(=O)CCC(F)(F)F)cc2C1=O. The zero-order valence-electron chi connectivity index (χ0n) is 26.9. The Hall–Kier alpha value is -3.27. The number of benzene rings is 2. The van der Waals surface area contributed by atoms with Gasteiger partial charge in [-0.3, -0.25) is 9.59 Å². The van der Waals surface area contributed by atoms with Crippen LogP contribution in [-0.4, -0.2) is 92.3 Å². The van der Waals surface area contributed by atoms with Gasteiger partial charge in [0.05, 0.1) is 41.7 Å². The van der Waals surface area contributed by atoms with Crippen molar-refractivity contribution < 1.29 is 50.1 Å². The van der Waals surface area contributed by atoms with Crippen LogP contribution in [0.15, 0.2) is 47.4 Å². The average Bonchev–Trinajstić information content (AvgIpc) is 3.01. The number of amides is 2. The van der Waals surface area contributed by atoms with E-state index in [9.17, 15) is 40.7 Å². The molecule has 2 aromatic carbocycles. The highest BCUT2D eigenvalue weighted by Crippen LogP contribution is 2.29. The number of fused-ring (bicyclic) bond motifs is 1. The minimum atomic E-state index is -4.51. The third-order valence-electron chi connectivity index (χ3n) is 7.93. The average molecular weight is 690 g/mol. The van der Waals surface area contributed by atoms with Gasteiger partial charge in [-0.25, -0.2) is 12.8 Å². The quantitative estimate of drug-likeness (QED) is 0.346. The molecule has 0 aromatic heterocycles. The molecule has 1 aliphatic rings. The van der Waals surface area contributed by atoms with Crippen molar-refractivity contribution in [1.29, 1.82) is 0 Å². The van der Waals surface area contributed by atoms with Crippen LogP contribution in [0.4, 0.5) is 23.2 Å². The summed E-state index contributed by atoms with van der Waals surface area (Å²) in [5.41, 5.74) is 0.128. The fraction of sp³-hybridized carbons (Fsp3) is 0.562. The van der Waals surface area contributed by atoms with Crippen LogP contribution in [0.2, 0.25) is 0 Å². The van der Waals surface area contributed by atoms with Crippen LogP contribution in [0.3, 0.4) is 0 Å². The lowest BCUT2D eigenvalue weighted by molar-refractivity contribution is -0.142. The predicted octanol–water partition coefficient (Wildman–Crippen LogP) is 5.22. The molecular weight excluding hydrogens is 646 g/mol. The fourth-order valence-electron chi connectivity index (χ4n) is 5.08. The van der Waals surface area contributed by atoms with Gasteiger partial charge in [-0.05, 0) is 75.6 Å². The molecular formula is C32H43F4N3O7S. The number of carbonyl (C=O) groups excluding carboxylic acids is 2. The van der Waals surface area contributed by atoms with Crippen molar-refractivity contribution in [3.63, 3.8) is 0 Å². The normalized spacial score (nSPS) is 21.0. The van der Waals surface area contributed by atoms with E-state index >= 15 is 0 Å². The molecule has 10 nitrogen and oxygen atoms in total. The Labute approximate surface area is 273 Å². The first-order valence-electron chi connectivity index (χ1n) is 15.4. The van der Waals surface area contributed by atoms with Gasteiger partial charge in [0.2, 0.25) is 15.9 Å². The second-order valence-electron chi connectivity index (χ2n) is 11.9. The van der Waals surface area contributed by atoms with E-state index in [2.05, 4.69) is 5.32 Å². The van der Waals surface area contributed by atoms with Crippen LogP contribution < -0.4 is 10.1 Å². The molecule has 0 radical (unpaired) electrons. The number of alkyl halides is 3. The van der Waals surface area contributed by atoms with Crippen LogP contribution in [0, 0.1) is 11.7 Å². The zero-order chi connectivity index (χ0) is 34.9. The van der Waals surface area contributed by atoms with Gasteiger partial charge in [0.15, 0.2) is 0 Å². The van der Waals surface area contributed by atoms with E-state index in [0.29, 0.717) is 25.9 Å². The molecule has 0 saturated heterocycles. The van der Waals surface area contributed by atoms with Crippen molar-refractivity contribution in [3.8, 4) is 5.75 Å². The number of sulfonamides is 1. The first kappa shape index (κ1) is 38.2. The second kappa shape index (κ2) is 16.7. The Kier molecular flexibility index (Phi) is 13.6. The molecule has 0 spiro atoms. The fourth-order valence-corrected chi connectivity index (χ4v) is 6.26. The van der Waals surface area contributed by atoms with Gasteiger partial charge in [0.25, 0.3) is 5.91 Å². The van der Waals surface area contributed by atoms with Crippen molar-refractivity contribution in [2.45, 2.75) is 82.2 Å². The van der Waals surface area contributed by atoms with Crippen LogP contribution >= 0.6 is 0 Å². The summed E-state index contributed by atoms with van der Waals surface area (Å²) >= 11 is 0. The number of aliphatic hydroxyl groups excluding tert-OH is 1. The summed E-state index contributed by atoms with van der Waals surface area (Å²) in [7, 11) is -2.62. The van der Waals surface area contributed by atoms with E-state index in [1.54, 1.807) is 13.8 Å². The van der Waals surface area contributed by atoms with E-state index in [-0.39, 0.29) is 41.1 Å². The van der Waals surface area contributed by atoms with Gasteiger partial charge in [-0.15, -0.1) is 0 Å². The molecule has 4 atom stereocenters. The molecule has 0 bridgehead atoms. The van der Waals surface area contributed by atoms with Gasteiger partial charge in [-0.2, -0.15) is 17.5 Å². The Morgan fingerprint density at radius 3 is 2.47 bits per heavy atom. The summed E-state index contributed by atoms with van der Waals surface area (Å²) in [6, 6.07) is 8.01. The number of likely N-dealkylation sites (N-methyl/N-ethyl adjacent to an activating group) is 1. The zero-order valence-corrected chi connectivity index (χ0v) is 27.7. The minimum absolute atomic E-state index is 0.0207. The highest BCUT2D eigenvalue weighted by Gasteiger charge is 2.33. The molecule has 2 amide bonds. The number of anilines is 1. The van der Waals surface area contributed by atoms with Crippen LogP contribution in [0.5, 0.6) is 5.75 Å². The summed E-state index contributed by atoms with van der Waals surface area (Å²) in [6.07, 6.45) is -5.72. The van der Waals surface area contributed by atoms with Gasteiger partial charge in [0.1, 0.15) is 11.6 Å². The topological polar surface area (TPSA) is 125 Å². The summed E-state index contributed by atoms with van der Waals surface area (Å²) in [4.78, 5) is 27.7. The molecule has 0 fully saturated rings. The number of carbonyl (C=O) groups is 2. The molecule has 0 saturated carbocycles. The highest BCUT2D eigenvalue weighted by atomic mass is 32.2. The Morgan fingerprint density at radius 1 is 1.15 bits per heavy atom. The highest BCUT2D eigenvalue weighted by molar-refractivity contribution is 7.89. The Morgan fingerprint density at radius 2 is 1.83 bits per heavy atom. The molecule has 1 aliphatic heterocycles. The van der Waals surface area contributed by atoms with Crippen LogP contribution in [0.1, 0.15) is 63.2 Å². The largest absolute Gasteiger partial charge is 0.490 e. The van der Waals surface area contributed by atoms with E-state index in [0.717, 1.165) is 16.4 Å². The number of aliphatic hydroxyl groups is 1. The third kappa shape index (κ3) is 11.2. The first-order valence-corrected chi connectivity index (χ1v) is 16.9. The number of hydrogen-bond donors (Lipinski definition) is 2. The van der Waals surface area contributed by atoms with Gasteiger partial charge in [-0.1, -0.05) is 6.92 Å². The van der Waals surface area contributed by atoms with Crippen molar-refractivity contribution in [3.05, 3.63) is 53.8 Å². The molecule has 2 N–H and O–H groups in total. The number of hydrogen-bond acceptors (Lipinski definition) is 7. The standard InChI is InChI=1S/C32H43F4N3O7S/c1-21-18-39(22(2)20-40)31(42)27-17-25(37-30(41)14-15-32(34,35)36)10-13-28(27)46-23(3)7-5-6-16-45-29(21)19-38(4)47(43,44)26-11-8-24(33)9-12-26/h8-13,17,21-23,29,40H,5-7,14-16,18-20H2,1-4H3,(H,37,41)/t21-,22+,23-,29-/m0/s1. The molecule has 262 valence electrons. The monoisotopic (exact) mass is 689 g/mol. The van der Waals surface area contributed by atoms with Gasteiger partial charge >= 0.3 is 6.18 Å². The number of halogens is 4. The third-order valence-corrected chi connectivity index (χ3v) is 9.77. The number of rotatable bonds is 9. The van der Waals surface area contributed by atoms with E-state index in [1.807, 2.05) is 6.92 Å². The summed E-state index contributed by atoms with van der Waals surface area (Å²) in [5, 5.41) is 12.5. The maximum atomic E-state index is 14.2. The molecule has 15 heteroatoms. The van der Waals surface area contributed by atoms with Crippen LogP contribution in [-0.2, 0) is 19.6 Å². The Balaban J connectivity index is 1.94. The minimum Gasteiger partial charge on any atom is -0.490 e. The molecule has 2 aromatic rings. The van der Waals surface area contributed by atoms with Crippen molar-refractivity contribution >= 4 is 27.5 Å². The maximum Gasteiger partial charge on any atom is 0.389 e. The molecule has 0 unspecified atom stereocenters.